The Morgan fingerprint density at radius 3 is 0.761 bits per heavy atom. The topological polar surface area (TPSA) is 27.7 Å². The molecule has 0 amide bonds. The van der Waals surface area contributed by atoms with Crippen molar-refractivity contribution in [2.45, 2.75) is 302 Å². The van der Waals surface area contributed by atoms with E-state index in [9.17, 15) is 0 Å². The van der Waals surface area contributed by atoms with E-state index in [0.29, 0.717) is 0 Å². The number of ether oxygens (including phenoxy) is 3. The lowest BCUT2D eigenvalue weighted by Gasteiger charge is -2.27. The fourth-order valence-corrected chi connectivity index (χ4v) is 12.9. The molecule has 404 valence electrons. The maximum atomic E-state index is 6.89. The summed E-state index contributed by atoms with van der Waals surface area (Å²) in [5.74, 6) is 11.0. The molecule has 0 bridgehead atoms. The van der Waals surface area contributed by atoms with E-state index in [4.69, 9.17) is 37.4 Å². The maximum Gasteiger partial charge on any atom is 0.160 e. The molecular weight excluding hydrogens is 864 g/mol. The Labute approximate surface area is 433 Å². The smallest absolute Gasteiger partial charge is 0.160 e. The average Bonchev–Trinajstić information content (AvgIpc) is 3.23. The van der Waals surface area contributed by atoms with E-state index in [2.05, 4.69) is 96.9 Å². The van der Waals surface area contributed by atoms with Crippen LogP contribution in [-0.4, -0.2) is 37.6 Å². The van der Waals surface area contributed by atoms with Crippen molar-refractivity contribution in [3.63, 3.8) is 0 Å². The second-order valence-electron chi connectivity index (χ2n) is 24.7. The van der Waals surface area contributed by atoms with E-state index in [1.165, 1.54) is 141 Å². The van der Waals surface area contributed by atoms with Crippen LogP contribution in [0.15, 0.2) is 0 Å². The van der Waals surface area contributed by atoms with Gasteiger partial charge in [0, 0.05) is 25.0 Å². The molecule has 0 aromatic carbocycles. The highest BCUT2D eigenvalue weighted by Gasteiger charge is 2.22. The summed E-state index contributed by atoms with van der Waals surface area (Å²) in [6.07, 6.45) is 37.3. The first kappa shape index (κ1) is 67.5. The normalized spacial score (nSPS) is 18.6. The van der Waals surface area contributed by atoms with Crippen LogP contribution in [0.25, 0.3) is 0 Å². The third-order valence-electron chi connectivity index (χ3n) is 15.4. The zero-order chi connectivity index (χ0) is 50.2. The number of alkyl halides is 2. The van der Waals surface area contributed by atoms with Crippen LogP contribution in [0.3, 0.4) is 0 Å². The van der Waals surface area contributed by atoms with Crippen molar-refractivity contribution in [1.82, 2.24) is 0 Å². The Bertz CT molecular complexity index is 949. The zero-order valence-corrected chi connectivity index (χ0v) is 49.6. The Morgan fingerprint density at radius 1 is 0.269 bits per heavy atom. The van der Waals surface area contributed by atoms with E-state index in [-0.39, 0.29) is 12.6 Å². The van der Waals surface area contributed by atoms with Crippen molar-refractivity contribution in [3.05, 3.63) is 0 Å². The molecule has 0 saturated heterocycles. The van der Waals surface area contributed by atoms with Gasteiger partial charge in [-0.05, 0) is 199 Å². The first-order valence-corrected chi connectivity index (χ1v) is 31.1. The standard InChI is InChI=1S/C62H124Cl2O3/c1-15-17-19-21-23-37-65-61(33-25-29-49(3)39-53(7)43-57(11)47-59(13)45-55(9)41-51(5)31-27-35-63)67-62(66-38-24-22-20-18-16-2)34-26-30-50(4)40-54(8)44-58(12)48-60(14)46-56(10)42-52(6)32-28-36-64/h49-62H,15-48H2,1-14H3. The number of hydrogen-bond acceptors (Lipinski definition) is 3. The van der Waals surface area contributed by atoms with E-state index in [0.717, 1.165) is 147 Å². The summed E-state index contributed by atoms with van der Waals surface area (Å²) in [6, 6.07) is 0. The van der Waals surface area contributed by atoms with Crippen molar-refractivity contribution < 1.29 is 14.2 Å². The first-order valence-electron chi connectivity index (χ1n) is 30.0. The van der Waals surface area contributed by atoms with Crippen molar-refractivity contribution in [2.75, 3.05) is 25.0 Å². The average molecular weight is 989 g/mol. The number of halogens is 2. The fraction of sp³-hybridized carbons (Fsp3) is 1.00. The SMILES string of the molecule is CCCCCCCOC(CCCC(C)CC(C)CC(C)CC(C)CC(C)CC(C)CCCCl)OC(CCCC(C)CC(C)CC(C)CC(C)CC(C)CC(C)CCCCl)OCCCCCCC. The third kappa shape index (κ3) is 42.7. The van der Waals surface area contributed by atoms with E-state index in [1.54, 1.807) is 0 Å². The number of unbranched alkanes of at least 4 members (excludes halogenated alkanes) is 8. The van der Waals surface area contributed by atoms with Gasteiger partial charge in [0.1, 0.15) is 0 Å². The summed E-state index contributed by atoms with van der Waals surface area (Å²) in [5.41, 5.74) is 0. The molecule has 0 fully saturated rings. The Balaban J connectivity index is 5.22. The summed E-state index contributed by atoms with van der Waals surface area (Å²) >= 11 is 11.9. The van der Waals surface area contributed by atoms with Crippen molar-refractivity contribution in [1.29, 1.82) is 0 Å². The van der Waals surface area contributed by atoms with Gasteiger partial charge >= 0.3 is 0 Å². The molecule has 0 N–H and O–H groups in total. The van der Waals surface area contributed by atoms with Crippen molar-refractivity contribution in [2.24, 2.45) is 71.0 Å². The first-order chi connectivity index (χ1) is 32.0. The van der Waals surface area contributed by atoms with Crippen molar-refractivity contribution >= 4 is 23.2 Å². The maximum absolute atomic E-state index is 6.89. The van der Waals surface area contributed by atoms with Gasteiger partial charge in [-0.1, -0.05) is 161 Å². The lowest BCUT2D eigenvalue weighted by atomic mass is 9.81. The predicted molar refractivity (Wildman–Crippen MR) is 302 cm³/mol. The predicted octanol–water partition coefficient (Wildman–Crippen LogP) is 21.5. The highest BCUT2D eigenvalue weighted by atomic mass is 35.5. The molecule has 3 nitrogen and oxygen atoms in total. The quantitative estimate of drug-likeness (QED) is 0.0345. The number of hydrogen-bond donors (Lipinski definition) is 0. The highest BCUT2D eigenvalue weighted by molar-refractivity contribution is 6.18. The van der Waals surface area contributed by atoms with Gasteiger partial charge < -0.3 is 14.2 Å². The molecule has 0 aromatic rings. The van der Waals surface area contributed by atoms with Gasteiger partial charge in [0.15, 0.2) is 12.6 Å². The van der Waals surface area contributed by atoms with Crippen LogP contribution in [0.4, 0.5) is 0 Å². The van der Waals surface area contributed by atoms with Crippen LogP contribution in [0.5, 0.6) is 0 Å². The van der Waals surface area contributed by atoms with Gasteiger partial charge in [-0.15, -0.1) is 23.2 Å². The summed E-state index contributed by atoms with van der Waals surface area (Å²) in [5, 5.41) is 0. The Kier molecular flexibility index (Phi) is 45.4. The molecule has 0 aliphatic heterocycles. The number of rotatable bonds is 50. The lowest BCUT2D eigenvalue weighted by molar-refractivity contribution is -0.250. The molecule has 0 aliphatic rings. The van der Waals surface area contributed by atoms with Crippen LogP contribution >= 0.6 is 23.2 Å². The van der Waals surface area contributed by atoms with Gasteiger partial charge in [-0.2, -0.15) is 0 Å². The second-order valence-corrected chi connectivity index (χ2v) is 25.5. The summed E-state index contributed by atoms with van der Waals surface area (Å²) in [4.78, 5) is 0. The van der Waals surface area contributed by atoms with Crippen LogP contribution in [0.1, 0.15) is 290 Å². The summed E-state index contributed by atoms with van der Waals surface area (Å²) in [7, 11) is 0. The van der Waals surface area contributed by atoms with Crippen LogP contribution < -0.4 is 0 Å². The third-order valence-corrected chi connectivity index (χ3v) is 15.9. The molecular formula is C62H124Cl2O3. The van der Waals surface area contributed by atoms with Gasteiger partial charge in [0.2, 0.25) is 0 Å². The van der Waals surface area contributed by atoms with Gasteiger partial charge in [0.25, 0.3) is 0 Å². The minimum absolute atomic E-state index is 0.170. The molecule has 67 heavy (non-hydrogen) atoms. The second kappa shape index (κ2) is 45.1. The van der Waals surface area contributed by atoms with Crippen LogP contribution in [0.2, 0.25) is 0 Å². The van der Waals surface area contributed by atoms with Crippen molar-refractivity contribution in [3.8, 4) is 0 Å². The van der Waals surface area contributed by atoms with E-state index < -0.39 is 0 Å². The lowest BCUT2D eigenvalue weighted by Crippen LogP contribution is -2.28. The van der Waals surface area contributed by atoms with Gasteiger partial charge in [0.05, 0.1) is 0 Å². The zero-order valence-electron chi connectivity index (χ0n) is 48.1. The molecule has 14 unspecified atom stereocenters. The molecule has 5 heteroatoms. The molecule has 14 atom stereocenters. The minimum Gasteiger partial charge on any atom is -0.353 e. The van der Waals surface area contributed by atoms with Crippen LogP contribution in [0, 0.1) is 71.0 Å². The fourth-order valence-electron chi connectivity index (χ4n) is 12.6. The van der Waals surface area contributed by atoms with E-state index in [1.807, 2.05) is 0 Å². The molecule has 0 heterocycles. The Hall–Kier alpha value is 0.460. The highest BCUT2D eigenvalue weighted by Crippen LogP contribution is 2.32. The molecule has 0 rings (SSSR count). The molecule has 0 saturated carbocycles. The van der Waals surface area contributed by atoms with Crippen LogP contribution in [-0.2, 0) is 14.2 Å². The Morgan fingerprint density at radius 2 is 0.507 bits per heavy atom. The van der Waals surface area contributed by atoms with E-state index >= 15 is 0 Å². The molecule has 0 aliphatic carbocycles. The molecule has 0 aromatic heterocycles. The molecule has 0 radical (unpaired) electrons. The summed E-state index contributed by atoms with van der Waals surface area (Å²) in [6.45, 7) is 36.0. The minimum atomic E-state index is -0.170. The largest absolute Gasteiger partial charge is 0.353 e. The molecule has 0 spiro atoms. The monoisotopic (exact) mass is 987 g/mol. The van der Waals surface area contributed by atoms with Gasteiger partial charge in [-0.3, -0.25) is 0 Å². The summed E-state index contributed by atoms with van der Waals surface area (Å²) < 4.78 is 20.1. The van der Waals surface area contributed by atoms with Gasteiger partial charge in [-0.25, -0.2) is 0 Å².